The molecule has 1 aliphatic rings. The molecular weight excluding hydrogens is 342 g/mol. The number of para-hydroxylation sites is 2. The summed E-state index contributed by atoms with van der Waals surface area (Å²) in [4.78, 5) is 12.3. The number of carbonyl (C=O) groups excluding carboxylic acids is 1. The van der Waals surface area contributed by atoms with Gasteiger partial charge in [0.1, 0.15) is 19.0 Å². The van der Waals surface area contributed by atoms with E-state index >= 15 is 0 Å². The molecular formula is C19H18ClNO4. The lowest BCUT2D eigenvalue weighted by Crippen LogP contribution is -2.31. The van der Waals surface area contributed by atoms with Gasteiger partial charge in [0.15, 0.2) is 11.5 Å². The Morgan fingerprint density at radius 3 is 2.84 bits per heavy atom. The van der Waals surface area contributed by atoms with Crippen molar-refractivity contribution in [1.82, 2.24) is 5.32 Å². The molecule has 0 unspecified atom stereocenters. The highest BCUT2D eigenvalue weighted by molar-refractivity contribution is 6.30. The van der Waals surface area contributed by atoms with Crippen molar-refractivity contribution in [3.63, 3.8) is 0 Å². The van der Waals surface area contributed by atoms with E-state index in [1.54, 1.807) is 31.4 Å². The van der Waals surface area contributed by atoms with Crippen molar-refractivity contribution in [2.24, 2.45) is 0 Å². The third kappa shape index (κ3) is 4.25. The lowest BCUT2D eigenvalue weighted by atomic mass is 10.1. The first kappa shape index (κ1) is 17.2. The molecule has 0 spiro atoms. The van der Waals surface area contributed by atoms with Crippen LogP contribution >= 0.6 is 11.6 Å². The number of nitrogens with one attached hydrogen (secondary N) is 1. The van der Waals surface area contributed by atoms with Crippen molar-refractivity contribution < 1.29 is 19.0 Å². The Labute approximate surface area is 151 Å². The Bertz CT molecular complexity index is 804. The topological polar surface area (TPSA) is 56.8 Å². The molecule has 130 valence electrons. The van der Waals surface area contributed by atoms with Gasteiger partial charge in [-0.3, -0.25) is 4.79 Å². The zero-order valence-corrected chi connectivity index (χ0v) is 14.5. The van der Waals surface area contributed by atoms with Crippen LogP contribution in [0.4, 0.5) is 0 Å². The van der Waals surface area contributed by atoms with Crippen molar-refractivity contribution >= 4 is 23.6 Å². The molecule has 0 aliphatic carbocycles. The van der Waals surface area contributed by atoms with E-state index in [1.807, 2.05) is 24.3 Å². The minimum Gasteiger partial charge on any atom is -0.493 e. The Morgan fingerprint density at radius 1 is 1.24 bits per heavy atom. The van der Waals surface area contributed by atoms with Crippen molar-refractivity contribution in [2.75, 3.05) is 26.9 Å². The fourth-order valence-electron chi connectivity index (χ4n) is 2.46. The van der Waals surface area contributed by atoms with E-state index in [0.29, 0.717) is 35.2 Å². The van der Waals surface area contributed by atoms with Gasteiger partial charge in [0.05, 0.1) is 19.2 Å². The van der Waals surface area contributed by atoms with E-state index in [2.05, 4.69) is 5.32 Å². The number of hydrogen-bond donors (Lipinski definition) is 1. The van der Waals surface area contributed by atoms with Gasteiger partial charge >= 0.3 is 0 Å². The lowest BCUT2D eigenvalue weighted by molar-refractivity contribution is -0.117. The standard InChI is InChI=1S/C19H18ClNO4/c1-23-17-4-2-3-5-18(17)24-9-8-21-19(22)14-10-13-11-15(20)6-7-16(13)25-12-14/h2-7,10-11H,8-9,12H2,1H3,(H,21,22). The van der Waals surface area contributed by atoms with Gasteiger partial charge < -0.3 is 19.5 Å². The highest BCUT2D eigenvalue weighted by Crippen LogP contribution is 2.29. The fourth-order valence-corrected chi connectivity index (χ4v) is 2.64. The Kier molecular flexibility index (Phi) is 5.46. The van der Waals surface area contributed by atoms with Gasteiger partial charge in [0.2, 0.25) is 0 Å². The monoisotopic (exact) mass is 359 g/mol. The molecule has 0 radical (unpaired) electrons. The third-order valence-corrected chi connectivity index (χ3v) is 3.93. The highest BCUT2D eigenvalue weighted by Gasteiger charge is 2.17. The molecule has 1 N–H and O–H groups in total. The van der Waals surface area contributed by atoms with E-state index in [4.69, 9.17) is 25.8 Å². The number of benzene rings is 2. The number of ether oxygens (including phenoxy) is 3. The van der Waals surface area contributed by atoms with Crippen LogP contribution in [0.15, 0.2) is 48.0 Å². The van der Waals surface area contributed by atoms with Crippen LogP contribution in [0.25, 0.3) is 6.08 Å². The minimum absolute atomic E-state index is 0.186. The molecule has 1 heterocycles. The van der Waals surface area contributed by atoms with E-state index in [9.17, 15) is 4.79 Å². The van der Waals surface area contributed by atoms with Crippen LogP contribution in [0.5, 0.6) is 17.2 Å². The van der Waals surface area contributed by atoms with Gasteiger partial charge in [-0.15, -0.1) is 0 Å². The van der Waals surface area contributed by atoms with Gasteiger partial charge in [-0.25, -0.2) is 0 Å². The summed E-state index contributed by atoms with van der Waals surface area (Å²) < 4.78 is 16.4. The molecule has 0 bridgehead atoms. The first-order chi connectivity index (χ1) is 12.2. The number of amides is 1. The first-order valence-electron chi connectivity index (χ1n) is 7.84. The molecule has 2 aromatic rings. The summed E-state index contributed by atoms with van der Waals surface area (Å²) in [5.74, 6) is 1.84. The summed E-state index contributed by atoms with van der Waals surface area (Å²) >= 11 is 5.98. The number of hydrogen-bond acceptors (Lipinski definition) is 4. The molecule has 0 aromatic heterocycles. The van der Waals surface area contributed by atoms with Gasteiger partial charge in [-0.2, -0.15) is 0 Å². The summed E-state index contributed by atoms with van der Waals surface area (Å²) in [5.41, 5.74) is 1.35. The second-order valence-corrected chi connectivity index (χ2v) is 5.83. The van der Waals surface area contributed by atoms with Crippen LogP contribution in [0.1, 0.15) is 5.56 Å². The molecule has 1 amide bonds. The van der Waals surface area contributed by atoms with E-state index in [-0.39, 0.29) is 12.5 Å². The number of halogens is 1. The maximum atomic E-state index is 12.3. The average Bonchev–Trinajstić information content (AvgIpc) is 2.64. The summed E-state index contributed by atoms with van der Waals surface area (Å²) in [6, 6.07) is 12.7. The van der Waals surface area contributed by atoms with E-state index in [0.717, 1.165) is 11.3 Å². The highest BCUT2D eigenvalue weighted by atomic mass is 35.5. The summed E-state index contributed by atoms with van der Waals surface area (Å²) in [7, 11) is 1.59. The van der Waals surface area contributed by atoms with Crippen molar-refractivity contribution in [3.8, 4) is 17.2 Å². The molecule has 3 rings (SSSR count). The molecule has 2 aromatic carbocycles. The molecule has 0 fully saturated rings. The van der Waals surface area contributed by atoms with E-state index in [1.165, 1.54) is 0 Å². The molecule has 1 aliphatic heterocycles. The van der Waals surface area contributed by atoms with Gasteiger partial charge in [-0.1, -0.05) is 23.7 Å². The van der Waals surface area contributed by atoms with Crippen LogP contribution in [0.3, 0.4) is 0 Å². The number of methoxy groups -OCH3 is 1. The summed E-state index contributed by atoms with van der Waals surface area (Å²) in [6.45, 7) is 0.938. The fraction of sp³-hybridized carbons (Fsp3) is 0.211. The summed E-state index contributed by atoms with van der Waals surface area (Å²) in [5, 5.41) is 3.42. The van der Waals surface area contributed by atoms with Gasteiger partial charge in [0.25, 0.3) is 5.91 Å². The van der Waals surface area contributed by atoms with E-state index < -0.39 is 0 Å². The normalized spacial score (nSPS) is 12.5. The third-order valence-electron chi connectivity index (χ3n) is 3.69. The Morgan fingerprint density at radius 2 is 2.04 bits per heavy atom. The predicted octanol–water partition coefficient (Wildman–Crippen LogP) is 3.32. The molecule has 5 nitrogen and oxygen atoms in total. The van der Waals surface area contributed by atoms with Crippen molar-refractivity contribution in [2.45, 2.75) is 0 Å². The zero-order chi connectivity index (χ0) is 17.6. The molecule has 0 saturated heterocycles. The number of fused-ring (bicyclic) bond motifs is 1. The van der Waals surface area contributed by atoms with Crippen molar-refractivity contribution in [3.05, 3.63) is 58.6 Å². The van der Waals surface area contributed by atoms with Crippen molar-refractivity contribution in [1.29, 1.82) is 0 Å². The van der Waals surface area contributed by atoms with Gasteiger partial charge in [0, 0.05) is 10.6 Å². The molecule has 0 saturated carbocycles. The zero-order valence-electron chi connectivity index (χ0n) is 13.8. The molecule has 6 heteroatoms. The first-order valence-corrected chi connectivity index (χ1v) is 8.22. The lowest BCUT2D eigenvalue weighted by Gasteiger charge is -2.18. The van der Waals surface area contributed by atoms with Crippen LogP contribution in [0.2, 0.25) is 5.02 Å². The van der Waals surface area contributed by atoms with Gasteiger partial charge in [-0.05, 0) is 36.4 Å². The van der Waals surface area contributed by atoms with Crippen LogP contribution in [0, 0.1) is 0 Å². The number of rotatable bonds is 6. The van der Waals surface area contributed by atoms with Crippen LogP contribution < -0.4 is 19.5 Å². The maximum Gasteiger partial charge on any atom is 0.250 e. The second kappa shape index (κ2) is 7.94. The van der Waals surface area contributed by atoms with Crippen LogP contribution in [-0.2, 0) is 4.79 Å². The average molecular weight is 360 g/mol. The predicted molar refractivity (Wildman–Crippen MR) is 96.4 cm³/mol. The Balaban J connectivity index is 1.53. The Hall–Kier alpha value is -2.66. The molecule has 25 heavy (non-hydrogen) atoms. The summed E-state index contributed by atoms with van der Waals surface area (Å²) in [6.07, 6.45) is 1.79. The minimum atomic E-state index is -0.186. The largest absolute Gasteiger partial charge is 0.493 e. The SMILES string of the molecule is COc1ccccc1OCCNC(=O)C1=Cc2cc(Cl)ccc2OC1. The maximum absolute atomic E-state index is 12.3. The molecule has 0 atom stereocenters. The van der Waals surface area contributed by atoms with Crippen LogP contribution in [-0.4, -0.2) is 32.8 Å². The number of carbonyl (C=O) groups is 1. The second-order valence-electron chi connectivity index (χ2n) is 5.40. The smallest absolute Gasteiger partial charge is 0.250 e. The quantitative estimate of drug-likeness (QED) is 0.804.